The summed E-state index contributed by atoms with van der Waals surface area (Å²) in [5.74, 6) is -0.402. The van der Waals surface area contributed by atoms with E-state index in [1.54, 1.807) is 6.07 Å². The topological polar surface area (TPSA) is 61.4 Å². The predicted molar refractivity (Wildman–Crippen MR) is 70.7 cm³/mol. The van der Waals surface area contributed by atoms with Crippen molar-refractivity contribution in [3.8, 4) is 0 Å². The van der Waals surface area contributed by atoms with Crippen molar-refractivity contribution in [3.63, 3.8) is 0 Å². The highest BCUT2D eigenvalue weighted by atomic mass is 19.4. The standard InChI is InChI=1S/C14H16F4N2O2/c15-9-3-1-8-2-4-11(10(8)7-9)20-13(22)19-6-5-12(21)14(16,17)18/h1,3,7,11-12,21H,2,4-6H2,(H2,19,20,22)/t11-,12+/m0/s1. The van der Waals surface area contributed by atoms with Crippen LogP contribution >= 0.6 is 0 Å². The van der Waals surface area contributed by atoms with Gasteiger partial charge in [-0.1, -0.05) is 6.07 Å². The highest BCUT2D eigenvalue weighted by molar-refractivity contribution is 5.74. The van der Waals surface area contributed by atoms with Crippen molar-refractivity contribution in [2.24, 2.45) is 0 Å². The fourth-order valence-electron chi connectivity index (χ4n) is 2.42. The van der Waals surface area contributed by atoms with Gasteiger partial charge in [0.25, 0.3) is 0 Å². The number of aryl methyl sites for hydroxylation is 1. The molecule has 1 aliphatic carbocycles. The molecular weight excluding hydrogens is 304 g/mol. The van der Waals surface area contributed by atoms with E-state index in [-0.39, 0.29) is 12.6 Å². The second kappa shape index (κ2) is 6.51. The molecule has 0 saturated carbocycles. The number of alkyl halides is 3. The molecule has 22 heavy (non-hydrogen) atoms. The lowest BCUT2D eigenvalue weighted by molar-refractivity contribution is -0.204. The third-order valence-electron chi connectivity index (χ3n) is 3.57. The van der Waals surface area contributed by atoms with Crippen LogP contribution in [0.3, 0.4) is 0 Å². The Morgan fingerprint density at radius 1 is 1.41 bits per heavy atom. The number of rotatable bonds is 4. The average Bonchev–Trinajstić information content (AvgIpc) is 2.80. The van der Waals surface area contributed by atoms with E-state index < -0.39 is 30.5 Å². The Kier molecular flexibility index (Phi) is 4.90. The molecule has 1 aliphatic rings. The van der Waals surface area contributed by atoms with Crippen LogP contribution in [0.1, 0.15) is 30.0 Å². The van der Waals surface area contributed by atoms with E-state index in [2.05, 4.69) is 10.6 Å². The Hall–Kier alpha value is -1.83. The van der Waals surface area contributed by atoms with E-state index in [4.69, 9.17) is 5.11 Å². The molecule has 0 radical (unpaired) electrons. The van der Waals surface area contributed by atoms with E-state index in [0.29, 0.717) is 18.4 Å². The van der Waals surface area contributed by atoms with Gasteiger partial charge in [-0.25, -0.2) is 9.18 Å². The number of nitrogens with one attached hydrogen (secondary N) is 2. The zero-order chi connectivity index (χ0) is 16.3. The molecule has 0 saturated heterocycles. The Bertz CT molecular complexity index is 548. The number of hydrogen-bond donors (Lipinski definition) is 3. The lowest BCUT2D eigenvalue weighted by Gasteiger charge is -2.17. The van der Waals surface area contributed by atoms with Crippen LogP contribution in [-0.4, -0.2) is 30.0 Å². The molecule has 0 aromatic heterocycles. The van der Waals surface area contributed by atoms with Crippen molar-refractivity contribution in [1.82, 2.24) is 10.6 Å². The second-order valence-electron chi connectivity index (χ2n) is 5.18. The highest BCUT2D eigenvalue weighted by Crippen LogP contribution is 2.31. The summed E-state index contributed by atoms with van der Waals surface area (Å²) in [6.45, 7) is -0.310. The van der Waals surface area contributed by atoms with E-state index in [1.807, 2.05) is 0 Å². The number of hydrogen-bond acceptors (Lipinski definition) is 2. The summed E-state index contributed by atoms with van der Waals surface area (Å²) >= 11 is 0. The highest BCUT2D eigenvalue weighted by Gasteiger charge is 2.37. The van der Waals surface area contributed by atoms with Gasteiger partial charge in [-0.2, -0.15) is 13.2 Å². The van der Waals surface area contributed by atoms with E-state index in [9.17, 15) is 22.4 Å². The molecule has 1 aromatic rings. The largest absolute Gasteiger partial charge is 0.414 e. The SMILES string of the molecule is O=C(NCC[C@@H](O)C(F)(F)F)N[C@H]1CCc2ccc(F)cc21. The van der Waals surface area contributed by atoms with Crippen molar-refractivity contribution in [2.75, 3.05) is 6.54 Å². The molecule has 4 nitrogen and oxygen atoms in total. The van der Waals surface area contributed by atoms with Gasteiger partial charge in [-0.05, 0) is 42.5 Å². The quantitative estimate of drug-likeness (QED) is 0.746. The summed E-state index contributed by atoms with van der Waals surface area (Å²) in [4.78, 5) is 11.6. The van der Waals surface area contributed by atoms with Gasteiger partial charge in [0.1, 0.15) is 5.82 Å². The summed E-state index contributed by atoms with van der Waals surface area (Å²) in [6, 6.07) is 3.35. The smallest absolute Gasteiger partial charge is 0.384 e. The monoisotopic (exact) mass is 320 g/mol. The van der Waals surface area contributed by atoms with Crippen molar-refractivity contribution in [3.05, 3.63) is 35.1 Å². The molecule has 1 aromatic carbocycles. The number of aliphatic hydroxyl groups excluding tert-OH is 1. The maximum atomic E-state index is 13.2. The lowest BCUT2D eigenvalue weighted by atomic mass is 10.1. The van der Waals surface area contributed by atoms with Crippen LogP contribution in [-0.2, 0) is 6.42 Å². The first kappa shape index (κ1) is 16.5. The van der Waals surface area contributed by atoms with Gasteiger partial charge in [0.15, 0.2) is 6.10 Å². The van der Waals surface area contributed by atoms with Crippen LogP contribution in [0.15, 0.2) is 18.2 Å². The minimum absolute atomic E-state index is 0.310. The van der Waals surface area contributed by atoms with Crippen molar-refractivity contribution < 1.29 is 27.5 Å². The predicted octanol–water partition coefficient (Wildman–Crippen LogP) is 2.43. The molecular formula is C14H16F4N2O2. The third kappa shape index (κ3) is 4.09. The molecule has 0 fully saturated rings. The van der Waals surface area contributed by atoms with Crippen LogP contribution in [0.25, 0.3) is 0 Å². The Morgan fingerprint density at radius 2 is 2.14 bits per heavy atom. The van der Waals surface area contributed by atoms with Crippen LogP contribution in [0.2, 0.25) is 0 Å². The van der Waals surface area contributed by atoms with Crippen LogP contribution in [0, 0.1) is 5.82 Å². The summed E-state index contributed by atoms with van der Waals surface area (Å²) in [5.41, 5.74) is 1.63. The third-order valence-corrected chi connectivity index (χ3v) is 3.57. The number of carbonyl (C=O) groups is 1. The van der Waals surface area contributed by atoms with Gasteiger partial charge < -0.3 is 15.7 Å². The van der Waals surface area contributed by atoms with E-state index >= 15 is 0 Å². The summed E-state index contributed by atoms with van der Waals surface area (Å²) in [6.07, 6.45) is -6.47. The minimum atomic E-state index is -4.69. The summed E-state index contributed by atoms with van der Waals surface area (Å²) in [5, 5.41) is 13.7. The molecule has 122 valence electrons. The molecule has 3 N–H and O–H groups in total. The summed E-state index contributed by atoms with van der Waals surface area (Å²) in [7, 11) is 0. The number of fused-ring (bicyclic) bond motifs is 1. The van der Waals surface area contributed by atoms with Crippen LogP contribution in [0.5, 0.6) is 0 Å². The van der Waals surface area contributed by atoms with Crippen molar-refractivity contribution >= 4 is 6.03 Å². The molecule has 2 rings (SSSR count). The van der Waals surface area contributed by atoms with Gasteiger partial charge in [-0.3, -0.25) is 0 Å². The number of aliphatic hydroxyl groups is 1. The van der Waals surface area contributed by atoms with Crippen LogP contribution in [0.4, 0.5) is 22.4 Å². The fraction of sp³-hybridized carbons (Fsp3) is 0.500. The van der Waals surface area contributed by atoms with Gasteiger partial charge in [-0.15, -0.1) is 0 Å². The Morgan fingerprint density at radius 3 is 2.82 bits per heavy atom. The molecule has 0 spiro atoms. The Balaban J connectivity index is 1.81. The number of carbonyl (C=O) groups excluding carboxylic acids is 1. The minimum Gasteiger partial charge on any atom is -0.384 e. The van der Waals surface area contributed by atoms with Gasteiger partial charge in [0, 0.05) is 6.54 Å². The van der Waals surface area contributed by atoms with E-state index in [0.717, 1.165) is 5.56 Å². The molecule has 0 aliphatic heterocycles. The Labute approximate surface area is 124 Å². The fourth-order valence-corrected chi connectivity index (χ4v) is 2.42. The van der Waals surface area contributed by atoms with E-state index in [1.165, 1.54) is 12.1 Å². The zero-order valence-corrected chi connectivity index (χ0v) is 11.6. The molecule has 8 heteroatoms. The first-order valence-electron chi connectivity index (χ1n) is 6.85. The number of benzene rings is 1. The molecule has 2 atom stereocenters. The number of urea groups is 1. The van der Waals surface area contributed by atoms with Gasteiger partial charge >= 0.3 is 12.2 Å². The van der Waals surface area contributed by atoms with Crippen molar-refractivity contribution in [2.45, 2.75) is 37.6 Å². The molecule has 2 amide bonds. The van der Waals surface area contributed by atoms with Gasteiger partial charge in [0.05, 0.1) is 6.04 Å². The summed E-state index contributed by atoms with van der Waals surface area (Å²) < 4.78 is 49.5. The maximum absolute atomic E-state index is 13.2. The molecule has 0 heterocycles. The zero-order valence-electron chi connectivity index (χ0n) is 11.6. The average molecular weight is 320 g/mol. The molecule has 0 bridgehead atoms. The normalized spacial score (nSPS) is 18.7. The number of amides is 2. The number of halogens is 4. The van der Waals surface area contributed by atoms with Crippen molar-refractivity contribution in [1.29, 1.82) is 0 Å². The maximum Gasteiger partial charge on any atom is 0.414 e. The van der Waals surface area contributed by atoms with Crippen LogP contribution < -0.4 is 10.6 Å². The van der Waals surface area contributed by atoms with Gasteiger partial charge in [0.2, 0.25) is 0 Å². The lowest BCUT2D eigenvalue weighted by Crippen LogP contribution is -2.40. The first-order valence-corrected chi connectivity index (χ1v) is 6.85. The first-order chi connectivity index (χ1) is 10.3. The second-order valence-corrected chi connectivity index (χ2v) is 5.18. The molecule has 0 unspecified atom stereocenters.